The van der Waals surface area contributed by atoms with E-state index in [1.54, 1.807) is 17.0 Å². The summed E-state index contributed by atoms with van der Waals surface area (Å²) in [6, 6.07) is 6.11. The van der Waals surface area contributed by atoms with Crippen LogP contribution < -0.4 is 9.46 Å². The SMILES string of the molecule is COc1ccc(S(=O)(=O)NC2CCN(C(=O)c3n[nH]c4c3CCCC4)CC2)cc1. The third kappa shape index (κ3) is 4.16. The highest BCUT2D eigenvalue weighted by Crippen LogP contribution is 2.24. The number of likely N-dealkylation sites (tertiary alicyclic amines) is 1. The van der Waals surface area contributed by atoms with Crippen LogP contribution in [0.4, 0.5) is 0 Å². The first kappa shape index (κ1) is 19.9. The number of rotatable bonds is 5. The van der Waals surface area contributed by atoms with Gasteiger partial charge in [0.15, 0.2) is 5.69 Å². The highest BCUT2D eigenvalue weighted by atomic mass is 32.2. The van der Waals surface area contributed by atoms with Crippen molar-refractivity contribution in [1.82, 2.24) is 19.8 Å². The third-order valence-corrected chi connectivity index (χ3v) is 7.27. The van der Waals surface area contributed by atoms with E-state index in [0.29, 0.717) is 37.4 Å². The number of hydrogen-bond acceptors (Lipinski definition) is 5. The largest absolute Gasteiger partial charge is 0.497 e. The number of aromatic nitrogens is 2. The second kappa shape index (κ2) is 8.16. The van der Waals surface area contributed by atoms with Crippen molar-refractivity contribution >= 4 is 15.9 Å². The molecule has 0 bridgehead atoms. The van der Waals surface area contributed by atoms with E-state index in [-0.39, 0.29) is 16.8 Å². The number of aromatic amines is 1. The van der Waals surface area contributed by atoms with Crippen LogP contribution in [-0.2, 0) is 22.9 Å². The minimum Gasteiger partial charge on any atom is -0.497 e. The molecule has 1 aliphatic carbocycles. The van der Waals surface area contributed by atoms with E-state index in [1.807, 2.05) is 0 Å². The molecule has 156 valence electrons. The molecule has 1 aromatic heterocycles. The maximum absolute atomic E-state index is 12.9. The Bertz CT molecular complexity index is 976. The highest BCUT2D eigenvalue weighted by Gasteiger charge is 2.30. The molecule has 2 aromatic rings. The zero-order valence-corrected chi connectivity index (χ0v) is 17.3. The second-order valence-corrected chi connectivity index (χ2v) is 9.31. The van der Waals surface area contributed by atoms with Gasteiger partial charge in [-0.05, 0) is 62.8 Å². The molecule has 1 aliphatic heterocycles. The van der Waals surface area contributed by atoms with Gasteiger partial charge in [0.05, 0.1) is 12.0 Å². The van der Waals surface area contributed by atoms with Crippen molar-refractivity contribution in [2.75, 3.05) is 20.2 Å². The fourth-order valence-electron chi connectivity index (χ4n) is 4.05. The number of nitrogens with zero attached hydrogens (tertiary/aromatic N) is 2. The van der Waals surface area contributed by atoms with Crippen LogP contribution in [0.15, 0.2) is 29.2 Å². The maximum Gasteiger partial charge on any atom is 0.274 e. The molecule has 2 N–H and O–H groups in total. The Labute approximate surface area is 170 Å². The van der Waals surface area contributed by atoms with Crippen LogP contribution in [0.5, 0.6) is 5.75 Å². The Morgan fingerprint density at radius 1 is 1.17 bits per heavy atom. The standard InChI is InChI=1S/C20H26N4O4S/c1-28-15-6-8-16(9-7-15)29(26,27)23-14-10-12-24(13-11-14)20(25)19-17-4-2-3-5-18(17)21-22-19/h6-9,14,23H,2-5,10-13H2,1H3,(H,21,22). The molecule has 0 saturated carbocycles. The first-order valence-electron chi connectivity index (χ1n) is 9.99. The Hall–Kier alpha value is -2.39. The first-order chi connectivity index (χ1) is 14.0. The van der Waals surface area contributed by atoms with Crippen LogP contribution in [0.25, 0.3) is 0 Å². The van der Waals surface area contributed by atoms with Gasteiger partial charge in [0.2, 0.25) is 10.0 Å². The van der Waals surface area contributed by atoms with Gasteiger partial charge in [0.25, 0.3) is 5.91 Å². The molecule has 1 saturated heterocycles. The molecule has 0 atom stereocenters. The topological polar surface area (TPSA) is 104 Å². The van der Waals surface area contributed by atoms with Crippen molar-refractivity contribution in [2.45, 2.75) is 49.5 Å². The van der Waals surface area contributed by atoms with Gasteiger partial charge in [-0.25, -0.2) is 13.1 Å². The fourth-order valence-corrected chi connectivity index (χ4v) is 5.36. The number of amides is 1. The molecule has 0 spiro atoms. The van der Waals surface area contributed by atoms with Gasteiger partial charge in [-0.1, -0.05) is 0 Å². The van der Waals surface area contributed by atoms with Crippen molar-refractivity contribution < 1.29 is 17.9 Å². The molecular weight excluding hydrogens is 392 g/mol. The summed E-state index contributed by atoms with van der Waals surface area (Å²) < 4.78 is 33.1. The molecule has 2 aliphatic rings. The Balaban J connectivity index is 1.36. The molecule has 0 radical (unpaired) electrons. The normalized spacial score (nSPS) is 17.8. The van der Waals surface area contributed by atoms with Crippen LogP contribution >= 0.6 is 0 Å². The molecule has 2 heterocycles. The molecule has 29 heavy (non-hydrogen) atoms. The summed E-state index contributed by atoms with van der Waals surface area (Å²) in [5.41, 5.74) is 2.68. The molecular formula is C20H26N4O4S. The van der Waals surface area contributed by atoms with Gasteiger partial charge in [0.1, 0.15) is 5.75 Å². The number of fused-ring (bicyclic) bond motifs is 1. The predicted molar refractivity (Wildman–Crippen MR) is 107 cm³/mol. The van der Waals surface area contributed by atoms with Crippen molar-refractivity contribution in [1.29, 1.82) is 0 Å². The Morgan fingerprint density at radius 2 is 1.86 bits per heavy atom. The summed E-state index contributed by atoms with van der Waals surface area (Å²) >= 11 is 0. The minimum absolute atomic E-state index is 0.0548. The first-order valence-corrected chi connectivity index (χ1v) is 11.5. The maximum atomic E-state index is 12.9. The van der Waals surface area contributed by atoms with Crippen molar-refractivity contribution in [3.63, 3.8) is 0 Å². The number of aryl methyl sites for hydroxylation is 1. The lowest BCUT2D eigenvalue weighted by atomic mass is 9.95. The van der Waals surface area contributed by atoms with E-state index >= 15 is 0 Å². The van der Waals surface area contributed by atoms with Gasteiger partial charge in [-0.2, -0.15) is 5.10 Å². The van der Waals surface area contributed by atoms with E-state index in [0.717, 1.165) is 36.9 Å². The van der Waals surface area contributed by atoms with Crippen LogP contribution in [0.2, 0.25) is 0 Å². The van der Waals surface area contributed by atoms with Crippen LogP contribution in [0.3, 0.4) is 0 Å². The van der Waals surface area contributed by atoms with E-state index in [1.165, 1.54) is 19.2 Å². The molecule has 9 heteroatoms. The average Bonchev–Trinajstić information content (AvgIpc) is 3.18. The number of piperidine rings is 1. The summed E-state index contributed by atoms with van der Waals surface area (Å²) in [5, 5.41) is 7.28. The third-order valence-electron chi connectivity index (χ3n) is 5.73. The van der Waals surface area contributed by atoms with E-state index in [9.17, 15) is 13.2 Å². The number of H-pyrrole nitrogens is 1. The lowest BCUT2D eigenvalue weighted by Crippen LogP contribution is -2.46. The van der Waals surface area contributed by atoms with Gasteiger partial charge in [-0.15, -0.1) is 0 Å². The summed E-state index contributed by atoms with van der Waals surface area (Å²) in [4.78, 5) is 14.9. The second-order valence-electron chi connectivity index (χ2n) is 7.60. The average molecular weight is 419 g/mol. The quantitative estimate of drug-likeness (QED) is 0.772. The lowest BCUT2D eigenvalue weighted by Gasteiger charge is -2.32. The molecule has 1 fully saturated rings. The number of hydrogen-bond donors (Lipinski definition) is 2. The number of benzene rings is 1. The van der Waals surface area contributed by atoms with Crippen LogP contribution in [-0.4, -0.2) is 55.7 Å². The minimum atomic E-state index is -3.60. The smallest absolute Gasteiger partial charge is 0.274 e. The Kier molecular flexibility index (Phi) is 5.60. The molecule has 1 amide bonds. The molecule has 1 aromatic carbocycles. The highest BCUT2D eigenvalue weighted by molar-refractivity contribution is 7.89. The number of methoxy groups -OCH3 is 1. The summed E-state index contributed by atoms with van der Waals surface area (Å²) in [6.45, 7) is 1.02. The van der Waals surface area contributed by atoms with E-state index in [2.05, 4.69) is 14.9 Å². The monoisotopic (exact) mass is 418 g/mol. The van der Waals surface area contributed by atoms with Gasteiger partial charge >= 0.3 is 0 Å². The van der Waals surface area contributed by atoms with Gasteiger partial charge in [-0.3, -0.25) is 9.89 Å². The number of ether oxygens (including phenoxy) is 1. The Morgan fingerprint density at radius 3 is 2.55 bits per heavy atom. The molecule has 8 nitrogen and oxygen atoms in total. The van der Waals surface area contributed by atoms with Gasteiger partial charge in [0, 0.05) is 30.4 Å². The molecule has 0 unspecified atom stereocenters. The van der Waals surface area contributed by atoms with E-state index < -0.39 is 10.0 Å². The number of carbonyl (C=O) groups excluding carboxylic acids is 1. The molecule has 4 rings (SSSR count). The summed E-state index contributed by atoms with van der Waals surface area (Å²) in [5.74, 6) is 0.553. The number of carbonyl (C=O) groups is 1. The van der Waals surface area contributed by atoms with Crippen molar-refractivity contribution in [3.05, 3.63) is 41.2 Å². The van der Waals surface area contributed by atoms with E-state index in [4.69, 9.17) is 4.74 Å². The number of sulfonamides is 1. The van der Waals surface area contributed by atoms with Crippen molar-refractivity contribution in [2.24, 2.45) is 0 Å². The zero-order valence-electron chi connectivity index (χ0n) is 16.5. The summed E-state index contributed by atoms with van der Waals surface area (Å²) in [7, 11) is -2.07. The van der Waals surface area contributed by atoms with Gasteiger partial charge < -0.3 is 9.64 Å². The van der Waals surface area contributed by atoms with Crippen molar-refractivity contribution in [3.8, 4) is 5.75 Å². The van der Waals surface area contributed by atoms with Crippen LogP contribution in [0, 0.1) is 0 Å². The summed E-state index contributed by atoms with van der Waals surface area (Å²) in [6.07, 6.45) is 5.21. The number of nitrogens with one attached hydrogen (secondary N) is 2. The zero-order chi connectivity index (χ0) is 20.4. The van der Waals surface area contributed by atoms with Crippen LogP contribution in [0.1, 0.15) is 47.4 Å². The predicted octanol–water partition coefficient (Wildman–Crippen LogP) is 1.88. The lowest BCUT2D eigenvalue weighted by molar-refractivity contribution is 0.0704. The fraction of sp³-hybridized carbons (Fsp3) is 0.500.